The molecule has 0 aliphatic heterocycles. The fourth-order valence-electron chi connectivity index (χ4n) is 1.67. The number of hydrogen-bond acceptors (Lipinski definition) is 2. The van der Waals surface area contributed by atoms with Crippen LogP contribution >= 0.6 is 11.6 Å². The smallest absolute Gasteiger partial charge is 0.304 e. The first kappa shape index (κ1) is 12.2. The number of benzene rings is 1. The van der Waals surface area contributed by atoms with Gasteiger partial charge in [-0.3, -0.25) is 4.79 Å². The Morgan fingerprint density at radius 3 is 2.76 bits per heavy atom. The highest BCUT2D eigenvalue weighted by Crippen LogP contribution is 2.49. The molecule has 1 aromatic rings. The lowest BCUT2D eigenvalue weighted by Gasteiger charge is -2.14. The van der Waals surface area contributed by atoms with E-state index >= 15 is 0 Å². The highest BCUT2D eigenvalue weighted by Gasteiger charge is 2.45. The molecule has 0 saturated heterocycles. The molecule has 0 unspecified atom stereocenters. The van der Waals surface area contributed by atoms with Crippen molar-refractivity contribution in [2.45, 2.75) is 19.3 Å². The van der Waals surface area contributed by atoms with Crippen molar-refractivity contribution < 1.29 is 19.0 Å². The third-order valence-electron chi connectivity index (χ3n) is 2.92. The van der Waals surface area contributed by atoms with Crippen LogP contribution in [0.4, 0.5) is 4.39 Å². The normalized spacial score (nSPS) is 16.6. The van der Waals surface area contributed by atoms with E-state index in [1.165, 1.54) is 12.1 Å². The molecule has 0 spiro atoms. The minimum absolute atomic E-state index is 0.0454. The number of rotatable bonds is 5. The molecule has 1 aliphatic rings. The van der Waals surface area contributed by atoms with E-state index in [-0.39, 0.29) is 16.9 Å². The fourth-order valence-corrected chi connectivity index (χ4v) is 1.79. The highest BCUT2D eigenvalue weighted by molar-refractivity contribution is 6.30. The summed E-state index contributed by atoms with van der Waals surface area (Å²) in [6.45, 7) is 0.306. The van der Waals surface area contributed by atoms with E-state index in [2.05, 4.69) is 0 Å². The van der Waals surface area contributed by atoms with E-state index in [0.717, 1.165) is 12.8 Å². The lowest BCUT2D eigenvalue weighted by Crippen LogP contribution is -2.17. The van der Waals surface area contributed by atoms with Crippen LogP contribution in [0, 0.1) is 11.2 Å². The molecule has 1 fully saturated rings. The number of carboxylic acid groups (broad SMARTS) is 1. The van der Waals surface area contributed by atoms with Crippen LogP contribution in [0.25, 0.3) is 0 Å². The largest absolute Gasteiger partial charge is 0.493 e. The van der Waals surface area contributed by atoms with Crippen LogP contribution in [0.3, 0.4) is 0 Å². The summed E-state index contributed by atoms with van der Waals surface area (Å²) in [7, 11) is 0. The van der Waals surface area contributed by atoms with Crippen LogP contribution < -0.4 is 4.74 Å². The second-order valence-electron chi connectivity index (χ2n) is 4.44. The number of carbonyl (C=O) groups is 1. The summed E-state index contributed by atoms with van der Waals surface area (Å²) in [5.41, 5.74) is -0.262. The molecule has 1 aliphatic carbocycles. The molecule has 1 aromatic carbocycles. The Bertz CT molecular complexity index is 443. The van der Waals surface area contributed by atoms with E-state index < -0.39 is 11.8 Å². The zero-order valence-electron chi connectivity index (χ0n) is 9.08. The first-order chi connectivity index (χ1) is 8.01. The van der Waals surface area contributed by atoms with Gasteiger partial charge in [-0.1, -0.05) is 11.6 Å². The Kier molecular flexibility index (Phi) is 3.24. The van der Waals surface area contributed by atoms with Crippen molar-refractivity contribution in [2.75, 3.05) is 6.61 Å². The molecule has 2 rings (SSSR count). The van der Waals surface area contributed by atoms with Gasteiger partial charge in [-0.15, -0.1) is 0 Å². The van der Waals surface area contributed by atoms with Gasteiger partial charge in [-0.05, 0) is 25.0 Å². The summed E-state index contributed by atoms with van der Waals surface area (Å²) >= 11 is 5.54. The van der Waals surface area contributed by atoms with Gasteiger partial charge in [0, 0.05) is 11.5 Å². The second-order valence-corrected chi connectivity index (χ2v) is 4.84. The molecule has 1 N–H and O–H groups in total. The van der Waals surface area contributed by atoms with E-state index in [1.807, 2.05) is 0 Å². The van der Waals surface area contributed by atoms with Crippen LogP contribution in [0.2, 0.25) is 5.02 Å². The number of hydrogen-bond donors (Lipinski definition) is 1. The summed E-state index contributed by atoms with van der Waals surface area (Å²) in [6, 6.07) is 4.20. The minimum Gasteiger partial charge on any atom is -0.493 e. The molecule has 5 heteroatoms. The van der Waals surface area contributed by atoms with Gasteiger partial charge in [-0.25, -0.2) is 4.39 Å². The topological polar surface area (TPSA) is 46.5 Å². The molecule has 1 saturated carbocycles. The van der Waals surface area contributed by atoms with Crippen molar-refractivity contribution in [2.24, 2.45) is 5.41 Å². The number of aliphatic carboxylic acids is 1. The molecular weight excluding hydrogens is 247 g/mol. The van der Waals surface area contributed by atoms with E-state index in [4.69, 9.17) is 21.4 Å². The molecule has 0 bridgehead atoms. The Hall–Kier alpha value is -1.29. The average molecular weight is 259 g/mol. The third kappa shape index (κ3) is 3.09. The van der Waals surface area contributed by atoms with Crippen molar-refractivity contribution in [3.63, 3.8) is 0 Å². The fraction of sp³-hybridized carbons (Fsp3) is 0.417. The molecule has 3 nitrogen and oxygen atoms in total. The van der Waals surface area contributed by atoms with E-state index in [1.54, 1.807) is 6.07 Å². The Labute approximate surface area is 103 Å². The summed E-state index contributed by atoms with van der Waals surface area (Å²) in [5.74, 6) is -0.982. The predicted octanol–water partition coefficient (Wildman–Crippen LogP) is 3.11. The van der Waals surface area contributed by atoms with Crippen LogP contribution in [0.5, 0.6) is 5.75 Å². The lowest BCUT2D eigenvalue weighted by atomic mass is 10.0. The van der Waals surface area contributed by atoms with Gasteiger partial charge >= 0.3 is 5.97 Å². The second kappa shape index (κ2) is 4.53. The zero-order chi connectivity index (χ0) is 12.5. The maximum Gasteiger partial charge on any atom is 0.304 e. The summed E-state index contributed by atoms with van der Waals surface area (Å²) in [6.07, 6.45) is 1.79. The Balaban J connectivity index is 1.94. The van der Waals surface area contributed by atoms with Gasteiger partial charge in [0.15, 0.2) is 0 Å². The van der Waals surface area contributed by atoms with Crippen molar-refractivity contribution in [3.8, 4) is 5.75 Å². The summed E-state index contributed by atoms with van der Waals surface area (Å²) < 4.78 is 18.5. The van der Waals surface area contributed by atoms with Crippen LogP contribution in [-0.2, 0) is 4.79 Å². The SMILES string of the molecule is O=C(O)CC1(COc2ccc(Cl)c(F)c2)CC1. The number of ether oxygens (including phenoxy) is 1. The summed E-state index contributed by atoms with van der Waals surface area (Å²) in [4.78, 5) is 10.6. The Morgan fingerprint density at radius 2 is 2.24 bits per heavy atom. The predicted molar refractivity (Wildman–Crippen MR) is 60.8 cm³/mol. The van der Waals surface area contributed by atoms with Crippen LogP contribution in [0.1, 0.15) is 19.3 Å². The van der Waals surface area contributed by atoms with Gasteiger partial charge < -0.3 is 9.84 Å². The molecule has 17 heavy (non-hydrogen) atoms. The van der Waals surface area contributed by atoms with Crippen molar-refractivity contribution >= 4 is 17.6 Å². The molecular formula is C12H12ClFO3. The van der Waals surface area contributed by atoms with Crippen LogP contribution in [-0.4, -0.2) is 17.7 Å². The molecule has 0 atom stereocenters. The maximum atomic E-state index is 13.1. The first-order valence-corrected chi connectivity index (χ1v) is 5.68. The highest BCUT2D eigenvalue weighted by atomic mass is 35.5. The maximum absolute atomic E-state index is 13.1. The van der Waals surface area contributed by atoms with Gasteiger partial charge in [0.25, 0.3) is 0 Å². The van der Waals surface area contributed by atoms with Crippen molar-refractivity contribution in [3.05, 3.63) is 29.0 Å². The average Bonchev–Trinajstić information content (AvgIpc) is 2.99. The zero-order valence-corrected chi connectivity index (χ0v) is 9.84. The Morgan fingerprint density at radius 1 is 1.53 bits per heavy atom. The quantitative estimate of drug-likeness (QED) is 0.883. The first-order valence-electron chi connectivity index (χ1n) is 5.30. The molecule has 0 aromatic heterocycles. The van der Waals surface area contributed by atoms with Crippen molar-refractivity contribution in [1.29, 1.82) is 0 Å². The van der Waals surface area contributed by atoms with Crippen LogP contribution in [0.15, 0.2) is 18.2 Å². The molecule has 92 valence electrons. The van der Waals surface area contributed by atoms with E-state index in [0.29, 0.717) is 12.4 Å². The minimum atomic E-state index is -0.826. The van der Waals surface area contributed by atoms with Gasteiger partial charge in [0.2, 0.25) is 0 Å². The third-order valence-corrected chi connectivity index (χ3v) is 3.23. The number of carboxylic acids is 1. The van der Waals surface area contributed by atoms with E-state index in [9.17, 15) is 9.18 Å². The van der Waals surface area contributed by atoms with Gasteiger partial charge in [-0.2, -0.15) is 0 Å². The number of halogens is 2. The monoisotopic (exact) mass is 258 g/mol. The summed E-state index contributed by atoms with van der Waals surface area (Å²) in [5, 5.41) is 8.78. The molecule has 0 heterocycles. The van der Waals surface area contributed by atoms with Gasteiger partial charge in [0.1, 0.15) is 11.6 Å². The van der Waals surface area contributed by atoms with Gasteiger partial charge in [0.05, 0.1) is 18.1 Å². The molecule has 0 radical (unpaired) electrons. The lowest BCUT2D eigenvalue weighted by molar-refractivity contribution is -0.138. The molecule has 0 amide bonds. The standard InChI is InChI=1S/C12H12ClFO3/c13-9-2-1-8(5-10(9)14)17-7-12(3-4-12)6-11(15)16/h1-2,5H,3-4,6-7H2,(H,15,16). The van der Waals surface area contributed by atoms with Crippen molar-refractivity contribution in [1.82, 2.24) is 0 Å².